The van der Waals surface area contributed by atoms with Crippen molar-refractivity contribution >= 4 is 18.0 Å². The van der Waals surface area contributed by atoms with Gasteiger partial charge in [-0.2, -0.15) is 0 Å². The molecule has 1 fully saturated rings. The van der Waals surface area contributed by atoms with Crippen LogP contribution in [0.25, 0.3) is 0 Å². The molecule has 1 aliphatic heterocycles. The number of esters is 1. The zero-order valence-electron chi connectivity index (χ0n) is 22.0. The van der Waals surface area contributed by atoms with Crippen LogP contribution in [0.5, 0.6) is 0 Å². The number of allylic oxidation sites excluding steroid dienone is 2. The summed E-state index contributed by atoms with van der Waals surface area (Å²) in [4.78, 5) is 39.6. The van der Waals surface area contributed by atoms with E-state index in [0.717, 1.165) is 0 Å². The number of hydrogen-bond acceptors (Lipinski definition) is 6. The van der Waals surface area contributed by atoms with Crippen LogP contribution in [0, 0.1) is 5.92 Å². The second-order valence-corrected chi connectivity index (χ2v) is 10.4. The third-order valence-corrected chi connectivity index (χ3v) is 4.89. The first-order chi connectivity index (χ1) is 15.7. The fraction of sp³-hybridized carbons (Fsp3) is 0.654. The Bertz CT molecular complexity index is 788. The molecular formula is C26H42N2O6. The predicted molar refractivity (Wildman–Crippen MR) is 132 cm³/mol. The van der Waals surface area contributed by atoms with E-state index in [2.05, 4.69) is 11.9 Å². The Morgan fingerprint density at radius 2 is 1.71 bits per heavy atom. The van der Waals surface area contributed by atoms with Crippen molar-refractivity contribution in [3.63, 3.8) is 0 Å². The van der Waals surface area contributed by atoms with Gasteiger partial charge in [-0.3, -0.25) is 9.69 Å². The standard InChI is InChI=1S/C26H42N2O6/c1-10-12-19-16-22(23(30)33-25(4,5)6)28(24(31)34-26(7,8)9)21(19)14-13-20(27-18(3)29)17-32-15-11-2/h10-12,17,19,21-22H,2,13-16H2,1,3-9H3,(H,27,29)/t19-,21-,22-/m1/s1. The van der Waals surface area contributed by atoms with Gasteiger partial charge in [0.25, 0.3) is 0 Å². The maximum Gasteiger partial charge on any atom is 0.411 e. The summed E-state index contributed by atoms with van der Waals surface area (Å²) in [6.45, 7) is 18.0. The van der Waals surface area contributed by atoms with Gasteiger partial charge in [0, 0.05) is 13.0 Å². The number of nitrogens with one attached hydrogen (secondary N) is 1. The van der Waals surface area contributed by atoms with Crippen molar-refractivity contribution in [2.45, 2.75) is 97.9 Å². The summed E-state index contributed by atoms with van der Waals surface area (Å²) >= 11 is 0. The Kier molecular flexibility index (Phi) is 10.9. The maximum atomic E-state index is 13.3. The van der Waals surface area contributed by atoms with Gasteiger partial charge in [-0.05, 0) is 73.6 Å². The van der Waals surface area contributed by atoms with E-state index in [0.29, 0.717) is 31.6 Å². The third-order valence-electron chi connectivity index (χ3n) is 4.89. The molecule has 1 saturated heterocycles. The fourth-order valence-corrected chi connectivity index (χ4v) is 3.83. The summed E-state index contributed by atoms with van der Waals surface area (Å²) in [6.07, 6.45) is 7.79. The molecule has 8 heteroatoms. The molecule has 0 unspecified atom stereocenters. The number of carbonyl (C=O) groups excluding carboxylic acids is 3. The minimum atomic E-state index is -0.773. The van der Waals surface area contributed by atoms with Crippen molar-refractivity contribution in [3.05, 3.63) is 36.8 Å². The monoisotopic (exact) mass is 478 g/mol. The zero-order chi connectivity index (χ0) is 26.1. The van der Waals surface area contributed by atoms with E-state index >= 15 is 0 Å². The molecule has 1 heterocycles. The highest BCUT2D eigenvalue weighted by Crippen LogP contribution is 2.37. The largest absolute Gasteiger partial charge is 0.495 e. The molecule has 192 valence electrons. The molecular weight excluding hydrogens is 436 g/mol. The molecule has 0 aromatic heterocycles. The highest BCUT2D eigenvalue weighted by molar-refractivity contribution is 5.83. The lowest BCUT2D eigenvalue weighted by Crippen LogP contribution is -2.49. The van der Waals surface area contributed by atoms with Crippen LogP contribution in [0.1, 0.15) is 74.7 Å². The van der Waals surface area contributed by atoms with E-state index in [-0.39, 0.29) is 17.9 Å². The van der Waals surface area contributed by atoms with Crippen LogP contribution < -0.4 is 5.32 Å². The van der Waals surface area contributed by atoms with Gasteiger partial charge in [-0.25, -0.2) is 9.59 Å². The molecule has 8 nitrogen and oxygen atoms in total. The molecule has 0 bridgehead atoms. The molecule has 1 rings (SSSR count). The summed E-state index contributed by atoms with van der Waals surface area (Å²) in [6, 6.07) is -1.11. The molecule has 0 radical (unpaired) electrons. The van der Waals surface area contributed by atoms with Crippen LogP contribution in [-0.4, -0.2) is 52.8 Å². The van der Waals surface area contributed by atoms with Crippen LogP contribution in [0.2, 0.25) is 0 Å². The average molecular weight is 479 g/mol. The minimum Gasteiger partial charge on any atom is -0.495 e. The van der Waals surface area contributed by atoms with E-state index in [9.17, 15) is 14.4 Å². The fourth-order valence-electron chi connectivity index (χ4n) is 3.83. The SMILES string of the molecule is C=CCOC=C(CC[C@@H]1[C@H](C=CC)C[C@H](C(=O)OC(C)(C)C)N1C(=O)OC(C)(C)C)NC(C)=O. The molecule has 0 aromatic carbocycles. The number of ether oxygens (including phenoxy) is 3. The van der Waals surface area contributed by atoms with Crippen molar-refractivity contribution in [1.82, 2.24) is 10.2 Å². The topological polar surface area (TPSA) is 94.2 Å². The third kappa shape index (κ3) is 10.0. The summed E-state index contributed by atoms with van der Waals surface area (Å²) in [5, 5.41) is 2.78. The van der Waals surface area contributed by atoms with Gasteiger partial charge in [0.05, 0.1) is 5.70 Å². The minimum absolute atomic E-state index is 0.0808. The van der Waals surface area contributed by atoms with Crippen LogP contribution >= 0.6 is 0 Å². The lowest BCUT2D eigenvalue weighted by molar-refractivity contribution is -0.160. The Morgan fingerprint density at radius 1 is 1.09 bits per heavy atom. The average Bonchev–Trinajstić information content (AvgIpc) is 3.02. The quantitative estimate of drug-likeness (QED) is 0.220. The van der Waals surface area contributed by atoms with Gasteiger partial charge in [0.15, 0.2) is 0 Å². The van der Waals surface area contributed by atoms with Crippen molar-refractivity contribution in [3.8, 4) is 0 Å². The van der Waals surface area contributed by atoms with Crippen LogP contribution in [0.3, 0.4) is 0 Å². The molecule has 1 aliphatic rings. The summed E-state index contributed by atoms with van der Waals surface area (Å²) in [7, 11) is 0. The Balaban J connectivity index is 3.29. The van der Waals surface area contributed by atoms with E-state index in [4.69, 9.17) is 14.2 Å². The first-order valence-electron chi connectivity index (χ1n) is 11.7. The van der Waals surface area contributed by atoms with Crippen LogP contribution in [-0.2, 0) is 23.8 Å². The smallest absolute Gasteiger partial charge is 0.411 e. The van der Waals surface area contributed by atoms with Crippen LogP contribution in [0.4, 0.5) is 4.79 Å². The number of carbonyl (C=O) groups is 3. The normalized spacial score (nSPS) is 21.4. The second-order valence-electron chi connectivity index (χ2n) is 10.4. The number of likely N-dealkylation sites (tertiary alicyclic amines) is 1. The van der Waals surface area contributed by atoms with Gasteiger partial charge in [-0.1, -0.05) is 24.8 Å². The van der Waals surface area contributed by atoms with Gasteiger partial charge in [0.1, 0.15) is 30.1 Å². The zero-order valence-corrected chi connectivity index (χ0v) is 22.0. The molecule has 34 heavy (non-hydrogen) atoms. The van der Waals surface area contributed by atoms with Crippen molar-refractivity contribution in [2.24, 2.45) is 5.92 Å². The number of hydrogen-bond donors (Lipinski definition) is 1. The lowest BCUT2D eigenvalue weighted by Gasteiger charge is -2.33. The highest BCUT2D eigenvalue weighted by Gasteiger charge is 2.48. The summed E-state index contributed by atoms with van der Waals surface area (Å²) in [5.41, 5.74) is -0.828. The predicted octanol–water partition coefficient (Wildman–Crippen LogP) is 4.86. The van der Waals surface area contributed by atoms with Gasteiger partial charge in [-0.15, -0.1) is 0 Å². The molecule has 0 saturated carbocycles. The van der Waals surface area contributed by atoms with Crippen molar-refractivity contribution < 1.29 is 28.6 Å². The number of nitrogens with zero attached hydrogens (tertiary/aromatic N) is 1. The molecule has 2 amide bonds. The van der Waals surface area contributed by atoms with E-state index in [1.165, 1.54) is 18.1 Å². The number of rotatable bonds is 9. The van der Waals surface area contributed by atoms with E-state index in [1.807, 2.05) is 19.1 Å². The first-order valence-corrected chi connectivity index (χ1v) is 11.7. The lowest BCUT2D eigenvalue weighted by atomic mass is 9.94. The van der Waals surface area contributed by atoms with Gasteiger partial charge >= 0.3 is 12.1 Å². The Morgan fingerprint density at radius 3 is 2.21 bits per heavy atom. The molecule has 0 aromatic rings. The van der Waals surface area contributed by atoms with E-state index in [1.54, 1.807) is 47.6 Å². The Hall–Kier alpha value is -2.77. The highest BCUT2D eigenvalue weighted by atomic mass is 16.6. The summed E-state index contributed by atoms with van der Waals surface area (Å²) in [5.74, 6) is -0.759. The van der Waals surface area contributed by atoms with E-state index < -0.39 is 29.3 Å². The maximum absolute atomic E-state index is 13.3. The number of amides is 2. The molecule has 0 spiro atoms. The van der Waals surface area contributed by atoms with Crippen molar-refractivity contribution in [2.75, 3.05) is 6.61 Å². The Labute approximate surface area is 204 Å². The van der Waals surface area contributed by atoms with Crippen LogP contribution in [0.15, 0.2) is 36.8 Å². The summed E-state index contributed by atoms with van der Waals surface area (Å²) < 4.78 is 16.7. The molecule has 3 atom stereocenters. The molecule has 0 aliphatic carbocycles. The first kappa shape index (κ1) is 29.3. The second kappa shape index (κ2) is 12.6. The van der Waals surface area contributed by atoms with Crippen molar-refractivity contribution in [1.29, 1.82) is 0 Å². The van der Waals surface area contributed by atoms with Gasteiger partial charge in [0.2, 0.25) is 5.91 Å². The molecule has 1 N–H and O–H groups in total. The van der Waals surface area contributed by atoms with Gasteiger partial charge < -0.3 is 19.5 Å².